The minimum Gasteiger partial charge on any atom is -0.465 e. The Hall–Kier alpha value is -3.23. The zero-order chi connectivity index (χ0) is 23.9. The summed E-state index contributed by atoms with van der Waals surface area (Å²) in [5.74, 6) is -3.44. The molecule has 2 aromatic carbocycles. The predicted molar refractivity (Wildman–Crippen MR) is 123 cm³/mol. The molecule has 1 N–H and O–H groups in total. The van der Waals surface area contributed by atoms with Crippen LogP contribution in [0.3, 0.4) is 0 Å². The summed E-state index contributed by atoms with van der Waals surface area (Å²) in [6.07, 6.45) is 1.52. The number of para-hydroxylation sites is 1. The molecule has 3 saturated heterocycles. The van der Waals surface area contributed by atoms with Crippen LogP contribution in [0.1, 0.15) is 34.3 Å². The molecule has 9 heteroatoms. The van der Waals surface area contributed by atoms with Gasteiger partial charge in [-0.25, -0.2) is 9.69 Å². The number of imide groups is 1. The van der Waals surface area contributed by atoms with E-state index in [9.17, 15) is 19.2 Å². The van der Waals surface area contributed by atoms with Crippen LogP contribution in [0.2, 0.25) is 5.02 Å². The van der Waals surface area contributed by atoms with E-state index in [1.807, 2.05) is 11.8 Å². The fraction of sp³-hybridized carbons (Fsp3) is 0.360. The number of hydrogen-bond acceptors (Lipinski definition) is 6. The van der Waals surface area contributed by atoms with Crippen molar-refractivity contribution in [2.45, 2.75) is 31.3 Å². The minimum atomic E-state index is -1.32. The predicted octanol–water partition coefficient (Wildman–Crippen LogP) is 2.87. The number of carbonyl (C=O) groups is 4. The Labute approximate surface area is 200 Å². The normalized spacial score (nSPS) is 29.4. The van der Waals surface area contributed by atoms with Crippen molar-refractivity contribution in [3.05, 3.63) is 58.1 Å². The number of aryl methyl sites for hydroxylation is 1. The number of esters is 1. The van der Waals surface area contributed by atoms with Crippen molar-refractivity contribution in [3.8, 4) is 0 Å². The maximum absolute atomic E-state index is 14.1. The molecule has 2 aromatic rings. The fourth-order valence-corrected chi connectivity index (χ4v) is 6.90. The van der Waals surface area contributed by atoms with Crippen LogP contribution in [-0.4, -0.2) is 48.3 Å². The molecule has 4 heterocycles. The van der Waals surface area contributed by atoms with Crippen molar-refractivity contribution in [1.82, 2.24) is 4.90 Å². The summed E-state index contributed by atoms with van der Waals surface area (Å²) in [6.45, 7) is 2.47. The molecule has 4 atom stereocenters. The van der Waals surface area contributed by atoms with Gasteiger partial charge in [0.25, 0.3) is 0 Å². The van der Waals surface area contributed by atoms with Gasteiger partial charge in [-0.1, -0.05) is 23.7 Å². The largest absolute Gasteiger partial charge is 0.465 e. The van der Waals surface area contributed by atoms with E-state index in [-0.39, 0.29) is 29.1 Å². The van der Waals surface area contributed by atoms with Gasteiger partial charge >= 0.3 is 5.97 Å². The van der Waals surface area contributed by atoms with E-state index >= 15 is 0 Å². The number of hydrogen-bond donors (Lipinski definition) is 1. The van der Waals surface area contributed by atoms with Gasteiger partial charge in [0.1, 0.15) is 5.54 Å². The first-order valence-electron chi connectivity index (χ1n) is 11.3. The van der Waals surface area contributed by atoms with Crippen LogP contribution in [0.5, 0.6) is 0 Å². The average Bonchev–Trinajstić information content (AvgIpc) is 3.52. The highest BCUT2D eigenvalue weighted by Gasteiger charge is 2.74. The summed E-state index contributed by atoms with van der Waals surface area (Å²) in [6, 6.07) is 9.64. The number of halogens is 1. The van der Waals surface area contributed by atoms with E-state index in [1.54, 1.807) is 30.3 Å². The third-order valence-electron chi connectivity index (χ3n) is 7.81. The first-order valence-corrected chi connectivity index (χ1v) is 11.6. The zero-order valence-electron chi connectivity index (χ0n) is 18.6. The first-order chi connectivity index (χ1) is 16.3. The number of nitrogens with one attached hydrogen (secondary N) is 1. The Balaban J connectivity index is 1.57. The Morgan fingerprint density at radius 1 is 1.18 bits per heavy atom. The monoisotopic (exact) mass is 479 g/mol. The van der Waals surface area contributed by atoms with Crippen LogP contribution >= 0.6 is 11.6 Å². The van der Waals surface area contributed by atoms with E-state index in [0.717, 1.165) is 16.9 Å². The molecule has 174 valence electrons. The van der Waals surface area contributed by atoms with Crippen molar-refractivity contribution in [1.29, 1.82) is 0 Å². The van der Waals surface area contributed by atoms with Crippen molar-refractivity contribution < 1.29 is 23.9 Å². The van der Waals surface area contributed by atoms with Crippen LogP contribution < -0.4 is 10.2 Å². The lowest BCUT2D eigenvalue weighted by Crippen LogP contribution is -2.54. The molecule has 8 nitrogen and oxygen atoms in total. The maximum Gasteiger partial charge on any atom is 0.339 e. The number of benzene rings is 2. The molecule has 0 saturated carbocycles. The molecule has 34 heavy (non-hydrogen) atoms. The van der Waals surface area contributed by atoms with E-state index < -0.39 is 29.3 Å². The fourth-order valence-electron chi connectivity index (χ4n) is 6.62. The summed E-state index contributed by atoms with van der Waals surface area (Å²) >= 11 is 6.41. The highest BCUT2D eigenvalue weighted by molar-refractivity contribution is 6.31. The van der Waals surface area contributed by atoms with Gasteiger partial charge in [0.05, 0.1) is 30.2 Å². The first kappa shape index (κ1) is 21.3. The number of ether oxygens (including phenoxy) is 1. The van der Waals surface area contributed by atoms with Gasteiger partial charge in [-0.15, -0.1) is 0 Å². The zero-order valence-corrected chi connectivity index (χ0v) is 19.4. The Morgan fingerprint density at radius 2 is 1.94 bits per heavy atom. The summed E-state index contributed by atoms with van der Waals surface area (Å²) in [4.78, 5) is 57.3. The molecule has 0 bridgehead atoms. The van der Waals surface area contributed by atoms with Gasteiger partial charge < -0.3 is 10.1 Å². The Kier molecular flexibility index (Phi) is 4.47. The van der Waals surface area contributed by atoms with E-state index in [4.69, 9.17) is 16.3 Å². The van der Waals surface area contributed by atoms with Crippen LogP contribution in [0.15, 0.2) is 36.4 Å². The minimum absolute atomic E-state index is 0.124. The molecule has 0 unspecified atom stereocenters. The van der Waals surface area contributed by atoms with E-state index in [2.05, 4.69) is 5.32 Å². The van der Waals surface area contributed by atoms with E-state index in [1.165, 1.54) is 13.2 Å². The molecule has 0 aromatic heterocycles. The number of rotatable bonds is 2. The SMILES string of the molecule is COC(=O)c1ccccc1N1C(=O)[C@H]2[C@@H](C1=O)[C@]1(C(=O)Nc3c(C)cc(Cl)cc31)N1CCC[C@@H]21. The number of carbonyl (C=O) groups excluding carboxylic acids is 4. The van der Waals surface area contributed by atoms with Gasteiger partial charge in [0.15, 0.2) is 0 Å². The molecular formula is C25H22ClN3O5. The summed E-state index contributed by atoms with van der Waals surface area (Å²) in [5, 5.41) is 3.45. The second kappa shape index (κ2) is 7.13. The second-order valence-corrected chi connectivity index (χ2v) is 9.73. The molecule has 4 aliphatic heterocycles. The number of methoxy groups -OCH3 is 1. The number of anilines is 2. The van der Waals surface area contributed by atoms with Crippen LogP contribution in [0, 0.1) is 18.8 Å². The lowest BCUT2D eigenvalue weighted by molar-refractivity contribution is -0.135. The smallest absolute Gasteiger partial charge is 0.339 e. The van der Waals surface area contributed by atoms with Gasteiger partial charge in [-0.2, -0.15) is 0 Å². The highest BCUT2D eigenvalue weighted by atomic mass is 35.5. The molecule has 3 fully saturated rings. The third-order valence-corrected chi connectivity index (χ3v) is 8.03. The Morgan fingerprint density at radius 3 is 2.71 bits per heavy atom. The standard InChI is InChI=1S/C25H22ClN3O5/c1-12-10-13(26)11-15-20(12)27-24(33)25(15)19-18(17-8-5-9-28(17)25)21(30)29(22(19)31)16-7-4-3-6-14(16)23(32)34-2/h3-4,6-7,10-11,17-19H,5,8-9H2,1-2H3,(H,27,33)/t17-,18+,19-,25+/m0/s1. The molecule has 3 amide bonds. The number of nitrogens with zero attached hydrogens (tertiary/aromatic N) is 2. The lowest BCUT2D eigenvalue weighted by Gasteiger charge is -2.36. The van der Waals surface area contributed by atoms with Gasteiger partial charge in [-0.05, 0) is 56.1 Å². The third kappa shape index (κ3) is 2.42. The van der Waals surface area contributed by atoms with Gasteiger partial charge in [0.2, 0.25) is 17.7 Å². The molecular weight excluding hydrogens is 458 g/mol. The molecule has 6 rings (SSSR count). The summed E-state index contributed by atoms with van der Waals surface area (Å²) in [7, 11) is 1.25. The number of fused-ring (bicyclic) bond motifs is 7. The average molecular weight is 480 g/mol. The molecule has 4 aliphatic rings. The molecule has 0 aliphatic carbocycles. The molecule has 0 radical (unpaired) electrons. The lowest BCUT2D eigenvalue weighted by atomic mass is 9.75. The number of amides is 3. The van der Waals surface area contributed by atoms with E-state index in [0.29, 0.717) is 29.2 Å². The van der Waals surface area contributed by atoms with Crippen molar-refractivity contribution in [3.63, 3.8) is 0 Å². The maximum atomic E-state index is 14.1. The van der Waals surface area contributed by atoms with Crippen molar-refractivity contribution in [2.24, 2.45) is 11.8 Å². The molecule has 1 spiro atoms. The highest BCUT2D eigenvalue weighted by Crippen LogP contribution is 2.61. The van der Waals surface area contributed by atoms with Crippen molar-refractivity contribution >= 4 is 46.7 Å². The second-order valence-electron chi connectivity index (χ2n) is 9.29. The summed E-state index contributed by atoms with van der Waals surface area (Å²) in [5.41, 5.74) is 1.08. The quantitative estimate of drug-likeness (QED) is 0.525. The van der Waals surface area contributed by atoms with Crippen LogP contribution in [0.25, 0.3) is 0 Å². The topological polar surface area (TPSA) is 96.0 Å². The summed E-state index contributed by atoms with van der Waals surface area (Å²) < 4.78 is 4.88. The van der Waals surface area contributed by atoms with Gasteiger partial charge in [-0.3, -0.25) is 19.3 Å². The van der Waals surface area contributed by atoms with Gasteiger partial charge in [0, 0.05) is 22.3 Å². The van der Waals surface area contributed by atoms with Crippen molar-refractivity contribution in [2.75, 3.05) is 23.9 Å². The van der Waals surface area contributed by atoms with Crippen LogP contribution in [-0.2, 0) is 24.7 Å². The Bertz CT molecular complexity index is 1310. The van der Waals surface area contributed by atoms with Crippen LogP contribution in [0.4, 0.5) is 11.4 Å².